The Bertz CT molecular complexity index is 910. The molecule has 0 saturated carbocycles. The third-order valence-electron chi connectivity index (χ3n) is 4.55. The molecule has 3 rings (SSSR count). The van der Waals surface area contributed by atoms with E-state index < -0.39 is 0 Å². The molecule has 0 fully saturated rings. The Morgan fingerprint density at radius 2 is 1.73 bits per heavy atom. The summed E-state index contributed by atoms with van der Waals surface area (Å²) in [4.78, 5) is 5.40. The van der Waals surface area contributed by atoms with Gasteiger partial charge in [-0.15, -0.1) is 5.10 Å². The molecule has 136 valence electrons. The predicted octanol–water partition coefficient (Wildman–Crippen LogP) is 2.81. The van der Waals surface area contributed by atoms with E-state index in [9.17, 15) is 0 Å². The fraction of sp³-hybridized carbons (Fsp3) is 0.350. The van der Waals surface area contributed by atoms with E-state index in [1.807, 2.05) is 28.4 Å². The lowest BCUT2D eigenvalue weighted by Crippen LogP contribution is -3.07. The summed E-state index contributed by atoms with van der Waals surface area (Å²) in [6.07, 6.45) is 3.55. The maximum Gasteiger partial charge on any atom is 0.202 e. The molecule has 1 atom stereocenters. The van der Waals surface area contributed by atoms with E-state index in [1.165, 1.54) is 16.0 Å². The first-order chi connectivity index (χ1) is 12.5. The highest BCUT2D eigenvalue weighted by Crippen LogP contribution is 2.16. The average molecular weight is 369 g/mol. The summed E-state index contributed by atoms with van der Waals surface area (Å²) < 4.78 is 4.59. The van der Waals surface area contributed by atoms with Crippen LogP contribution in [0.2, 0.25) is 0 Å². The Morgan fingerprint density at radius 1 is 1.08 bits per heavy atom. The molecule has 0 bridgehead atoms. The van der Waals surface area contributed by atoms with Crippen molar-refractivity contribution in [2.75, 3.05) is 7.05 Å². The van der Waals surface area contributed by atoms with Crippen molar-refractivity contribution in [2.45, 2.75) is 33.0 Å². The van der Waals surface area contributed by atoms with Gasteiger partial charge in [0, 0.05) is 30.6 Å². The van der Waals surface area contributed by atoms with Crippen LogP contribution in [0.25, 0.3) is 11.4 Å². The number of quaternary nitrogens is 1. The molecule has 6 heteroatoms. The lowest BCUT2D eigenvalue weighted by molar-refractivity contribution is -0.917. The lowest BCUT2D eigenvalue weighted by Gasteiger charge is -2.14. The van der Waals surface area contributed by atoms with Crippen molar-refractivity contribution in [3.63, 3.8) is 0 Å². The molecule has 0 aliphatic rings. The third-order valence-corrected chi connectivity index (χ3v) is 5.04. The van der Waals surface area contributed by atoms with Crippen LogP contribution in [0.15, 0.2) is 48.8 Å². The van der Waals surface area contributed by atoms with Gasteiger partial charge < -0.3 is 9.47 Å². The maximum atomic E-state index is 5.58. The Kier molecular flexibility index (Phi) is 5.64. The lowest BCUT2D eigenvalue weighted by atomic mass is 10.0. The highest BCUT2D eigenvalue weighted by atomic mass is 32.1. The number of nitrogens with zero attached hydrogens (tertiary/aromatic N) is 4. The summed E-state index contributed by atoms with van der Waals surface area (Å²) in [6.45, 7) is 6.09. The molecule has 0 radical (unpaired) electrons. The molecule has 1 aromatic carbocycles. The van der Waals surface area contributed by atoms with Crippen LogP contribution in [0, 0.1) is 4.77 Å². The highest BCUT2D eigenvalue weighted by molar-refractivity contribution is 7.71. The second-order valence-electron chi connectivity index (χ2n) is 7.09. The predicted molar refractivity (Wildman–Crippen MR) is 106 cm³/mol. The van der Waals surface area contributed by atoms with Gasteiger partial charge in [-0.2, -0.15) is 4.68 Å². The van der Waals surface area contributed by atoms with Crippen LogP contribution < -0.4 is 4.90 Å². The smallest absolute Gasteiger partial charge is 0.202 e. The minimum atomic E-state index is 0.563. The second-order valence-corrected chi connectivity index (χ2v) is 7.45. The number of rotatable bonds is 6. The van der Waals surface area contributed by atoms with Gasteiger partial charge in [-0.1, -0.05) is 38.1 Å². The zero-order valence-corrected chi connectivity index (χ0v) is 16.6. The second kappa shape index (κ2) is 7.93. The van der Waals surface area contributed by atoms with Gasteiger partial charge in [-0.3, -0.25) is 4.98 Å². The minimum absolute atomic E-state index is 0.563. The number of benzene rings is 1. The summed E-state index contributed by atoms with van der Waals surface area (Å²) in [6, 6.07) is 12.8. The Balaban J connectivity index is 1.73. The molecule has 26 heavy (non-hydrogen) atoms. The van der Waals surface area contributed by atoms with Crippen molar-refractivity contribution in [3.8, 4) is 11.4 Å². The first kappa shape index (κ1) is 18.5. The van der Waals surface area contributed by atoms with Crippen molar-refractivity contribution in [3.05, 3.63) is 64.7 Å². The Morgan fingerprint density at radius 3 is 2.35 bits per heavy atom. The molecular formula is C20H26N5S+. The molecule has 1 N–H and O–H groups in total. The van der Waals surface area contributed by atoms with E-state index in [0.29, 0.717) is 5.92 Å². The van der Waals surface area contributed by atoms with E-state index in [1.54, 1.807) is 12.4 Å². The van der Waals surface area contributed by atoms with Crippen LogP contribution in [-0.4, -0.2) is 26.4 Å². The third kappa shape index (κ3) is 4.08. The van der Waals surface area contributed by atoms with Crippen molar-refractivity contribution in [1.29, 1.82) is 0 Å². The van der Waals surface area contributed by atoms with Crippen LogP contribution in [0.4, 0.5) is 0 Å². The summed E-state index contributed by atoms with van der Waals surface area (Å²) in [7, 11) is 4.13. The quantitative estimate of drug-likeness (QED) is 0.680. The van der Waals surface area contributed by atoms with Gasteiger partial charge in [0.1, 0.15) is 6.54 Å². The molecule has 1 unspecified atom stereocenters. The first-order valence-electron chi connectivity index (χ1n) is 8.90. The molecule has 2 heterocycles. The average Bonchev–Trinajstić information content (AvgIpc) is 2.91. The summed E-state index contributed by atoms with van der Waals surface area (Å²) in [5.74, 6) is 1.43. The maximum absolute atomic E-state index is 5.58. The van der Waals surface area contributed by atoms with E-state index in [4.69, 9.17) is 17.3 Å². The Labute approximate surface area is 159 Å². The van der Waals surface area contributed by atoms with Gasteiger partial charge in [0.05, 0.1) is 7.05 Å². The first-order valence-corrected chi connectivity index (χ1v) is 9.31. The van der Waals surface area contributed by atoms with E-state index in [2.05, 4.69) is 50.1 Å². The molecule has 0 aliphatic heterocycles. The number of hydrogen-bond donors (Lipinski definition) is 1. The molecule has 2 aromatic heterocycles. The molecule has 0 saturated heterocycles. The molecule has 0 spiro atoms. The largest absolute Gasteiger partial charge is 0.315 e. The van der Waals surface area contributed by atoms with Crippen LogP contribution >= 0.6 is 12.2 Å². The molecule has 0 aliphatic carbocycles. The molecule has 3 aromatic rings. The zero-order chi connectivity index (χ0) is 18.7. The van der Waals surface area contributed by atoms with Gasteiger partial charge >= 0.3 is 0 Å². The van der Waals surface area contributed by atoms with Crippen molar-refractivity contribution in [2.24, 2.45) is 7.05 Å². The van der Waals surface area contributed by atoms with Gasteiger partial charge in [0.25, 0.3) is 0 Å². The van der Waals surface area contributed by atoms with Gasteiger partial charge in [-0.05, 0) is 35.8 Å². The molecular weight excluding hydrogens is 342 g/mol. The van der Waals surface area contributed by atoms with Crippen LogP contribution in [0.5, 0.6) is 0 Å². The number of nitrogens with one attached hydrogen (secondary N) is 1. The van der Waals surface area contributed by atoms with Gasteiger partial charge in [-0.25, -0.2) is 0 Å². The monoisotopic (exact) mass is 368 g/mol. The molecule has 0 amide bonds. The van der Waals surface area contributed by atoms with Crippen molar-refractivity contribution < 1.29 is 4.90 Å². The number of aromatic nitrogens is 4. The fourth-order valence-electron chi connectivity index (χ4n) is 3.02. The fourth-order valence-corrected chi connectivity index (χ4v) is 3.22. The summed E-state index contributed by atoms with van der Waals surface area (Å²) in [5.41, 5.74) is 3.72. The molecule has 5 nitrogen and oxygen atoms in total. The van der Waals surface area contributed by atoms with Gasteiger partial charge in [0.2, 0.25) is 4.77 Å². The normalized spacial score (nSPS) is 12.5. The van der Waals surface area contributed by atoms with Crippen molar-refractivity contribution >= 4 is 12.2 Å². The van der Waals surface area contributed by atoms with E-state index in [0.717, 1.165) is 29.4 Å². The Hall–Kier alpha value is -2.31. The van der Waals surface area contributed by atoms with Crippen LogP contribution in [0.1, 0.15) is 30.9 Å². The van der Waals surface area contributed by atoms with E-state index in [-0.39, 0.29) is 0 Å². The minimum Gasteiger partial charge on any atom is -0.315 e. The summed E-state index contributed by atoms with van der Waals surface area (Å²) in [5, 5.41) is 4.73. The van der Waals surface area contributed by atoms with E-state index >= 15 is 0 Å². The topological polar surface area (TPSA) is 40.1 Å². The number of hydrogen-bond acceptors (Lipinski definition) is 3. The highest BCUT2D eigenvalue weighted by Gasteiger charge is 2.13. The zero-order valence-electron chi connectivity index (χ0n) is 15.8. The summed E-state index contributed by atoms with van der Waals surface area (Å²) >= 11 is 5.58. The SMILES string of the molecule is CC(C)c1ccc(C[NH+](C)Cn2nc(-c3ccncc3)n(C)c2=S)cc1. The van der Waals surface area contributed by atoms with Gasteiger partial charge in [0.15, 0.2) is 12.5 Å². The number of pyridine rings is 1. The standard InChI is InChI=1S/C20H25N5S/c1-15(2)17-7-5-16(6-8-17)13-23(3)14-25-20(26)24(4)19(22-25)18-9-11-21-12-10-18/h5-12,15H,13-14H2,1-4H3/p+1. The van der Waals surface area contributed by atoms with Crippen LogP contribution in [0.3, 0.4) is 0 Å². The van der Waals surface area contributed by atoms with Crippen LogP contribution in [-0.2, 0) is 20.3 Å². The van der Waals surface area contributed by atoms with Crippen molar-refractivity contribution in [1.82, 2.24) is 19.3 Å².